The highest BCUT2D eigenvalue weighted by Gasteiger charge is 2.39. The lowest BCUT2D eigenvalue weighted by molar-refractivity contribution is -0.136. The van der Waals surface area contributed by atoms with Crippen molar-refractivity contribution < 1.29 is 19.1 Å². The van der Waals surface area contributed by atoms with Gasteiger partial charge >= 0.3 is 0 Å². The number of nitrogens with zero attached hydrogens (tertiary/aromatic N) is 3. The third kappa shape index (κ3) is 3.87. The Morgan fingerprint density at radius 3 is 2.56 bits per heavy atom. The molecule has 0 saturated carbocycles. The van der Waals surface area contributed by atoms with E-state index in [9.17, 15) is 9.59 Å². The van der Waals surface area contributed by atoms with Crippen molar-refractivity contribution in [3.8, 4) is 11.5 Å². The van der Waals surface area contributed by atoms with Gasteiger partial charge in [0.05, 0.1) is 5.92 Å². The van der Waals surface area contributed by atoms with Crippen molar-refractivity contribution in [1.29, 1.82) is 0 Å². The molecule has 2 aromatic carbocycles. The Balaban J connectivity index is 1.24. The zero-order valence-corrected chi connectivity index (χ0v) is 18.6. The average molecular weight is 436 g/mol. The molecule has 0 aliphatic carbocycles. The van der Waals surface area contributed by atoms with E-state index in [1.165, 1.54) is 11.3 Å². The van der Waals surface area contributed by atoms with Crippen LogP contribution in [0.5, 0.6) is 11.5 Å². The lowest BCUT2D eigenvalue weighted by atomic mass is 10.0. The largest absolute Gasteiger partial charge is 0.486 e. The van der Waals surface area contributed by atoms with Crippen LogP contribution in [0, 0.1) is 12.8 Å². The topological polar surface area (TPSA) is 62.3 Å². The molecule has 7 heteroatoms. The monoisotopic (exact) mass is 435 g/mol. The SMILES string of the molecule is Cc1cccc(N2CCN(C(=O)[C@@H]3CC(=O)N(c4ccc5c(c4)OCCO5)C3)C[C@@H]2C)c1. The molecule has 2 saturated heterocycles. The van der Waals surface area contributed by atoms with Gasteiger partial charge in [0, 0.05) is 56.1 Å². The third-order valence-corrected chi connectivity index (χ3v) is 6.58. The van der Waals surface area contributed by atoms with E-state index in [-0.39, 0.29) is 30.2 Å². The van der Waals surface area contributed by atoms with E-state index in [1.54, 1.807) is 4.90 Å². The summed E-state index contributed by atoms with van der Waals surface area (Å²) in [5.74, 6) is 1.09. The molecule has 32 heavy (non-hydrogen) atoms. The van der Waals surface area contributed by atoms with Crippen LogP contribution in [0.1, 0.15) is 18.9 Å². The second kappa shape index (κ2) is 8.37. The van der Waals surface area contributed by atoms with Gasteiger partial charge in [-0.25, -0.2) is 0 Å². The normalized spacial score (nSPS) is 22.9. The van der Waals surface area contributed by atoms with Crippen molar-refractivity contribution in [2.45, 2.75) is 26.3 Å². The van der Waals surface area contributed by atoms with Gasteiger partial charge in [-0.15, -0.1) is 0 Å². The van der Waals surface area contributed by atoms with E-state index in [1.807, 2.05) is 23.1 Å². The zero-order valence-electron chi connectivity index (χ0n) is 18.6. The zero-order chi connectivity index (χ0) is 22.2. The van der Waals surface area contributed by atoms with Gasteiger partial charge in [0.2, 0.25) is 11.8 Å². The Bertz CT molecular complexity index is 1040. The fourth-order valence-electron chi connectivity index (χ4n) is 4.93. The summed E-state index contributed by atoms with van der Waals surface area (Å²) in [5.41, 5.74) is 3.19. The number of hydrogen-bond acceptors (Lipinski definition) is 5. The molecule has 0 spiro atoms. The molecule has 0 bridgehead atoms. The van der Waals surface area contributed by atoms with Crippen molar-refractivity contribution in [1.82, 2.24) is 4.90 Å². The van der Waals surface area contributed by atoms with Crippen molar-refractivity contribution in [3.05, 3.63) is 48.0 Å². The van der Waals surface area contributed by atoms with Gasteiger partial charge in [0.25, 0.3) is 0 Å². The lowest BCUT2D eigenvalue weighted by Gasteiger charge is -2.42. The molecular formula is C25H29N3O4. The van der Waals surface area contributed by atoms with Gasteiger partial charge < -0.3 is 24.2 Å². The summed E-state index contributed by atoms with van der Waals surface area (Å²) >= 11 is 0. The number of rotatable bonds is 3. The molecule has 168 valence electrons. The van der Waals surface area contributed by atoms with Crippen LogP contribution >= 0.6 is 0 Å². The first kappa shape index (κ1) is 20.7. The fourth-order valence-corrected chi connectivity index (χ4v) is 4.93. The van der Waals surface area contributed by atoms with Gasteiger partial charge in [0.1, 0.15) is 13.2 Å². The maximum absolute atomic E-state index is 13.3. The molecule has 0 aromatic heterocycles. The summed E-state index contributed by atoms with van der Waals surface area (Å²) < 4.78 is 11.2. The first-order chi connectivity index (χ1) is 15.5. The van der Waals surface area contributed by atoms with Crippen LogP contribution in [-0.2, 0) is 9.59 Å². The first-order valence-electron chi connectivity index (χ1n) is 11.3. The average Bonchev–Trinajstić information content (AvgIpc) is 3.19. The second-order valence-corrected chi connectivity index (χ2v) is 8.90. The Kier molecular flexibility index (Phi) is 5.41. The van der Waals surface area contributed by atoms with Crippen molar-refractivity contribution in [2.75, 3.05) is 49.2 Å². The highest BCUT2D eigenvalue weighted by molar-refractivity contribution is 6.00. The van der Waals surface area contributed by atoms with Crippen LogP contribution in [0.3, 0.4) is 0 Å². The Labute approximate surface area is 188 Å². The molecule has 7 nitrogen and oxygen atoms in total. The lowest BCUT2D eigenvalue weighted by Crippen LogP contribution is -2.55. The Morgan fingerprint density at radius 1 is 0.969 bits per heavy atom. The smallest absolute Gasteiger partial charge is 0.228 e. The number of ether oxygens (including phenoxy) is 2. The van der Waals surface area contributed by atoms with Crippen molar-refractivity contribution in [2.24, 2.45) is 5.92 Å². The van der Waals surface area contributed by atoms with Crippen LogP contribution in [0.4, 0.5) is 11.4 Å². The van der Waals surface area contributed by atoms with E-state index in [0.717, 1.165) is 12.2 Å². The summed E-state index contributed by atoms with van der Waals surface area (Å²) in [6.45, 7) is 7.82. The van der Waals surface area contributed by atoms with E-state index in [0.29, 0.717) is 44.3 Å². The summed E-state index contributed by atoms with van der Waals surface area (Å²) in [6.07, 6.45) is 0.250. The van der Waals surface area contributed by atoms with Crippen LogP contribution in [0.25, 0.3) is 0 Å². The number of carbonyl (C=O) groups is 2. The maximum atomic E-state index is 13.3. The third-order valence-electron chi connectivity index (χ3n) is 6.58. The molecule has 3 aliphatic rings. The standard InChI is InChI=1S/C25H29N3O4/c1-17-4-3-5-20(12-17)27-9-8-26(15-18(27)2)25(30)19-13-24(29)28(16-19)21-6-7-22-23(14-21)32-11-10-31-22/h3-7,12,14,18-19H,8-11,13,15-16H2,1-2H3/t18-,19+/m0/s1. The fraction of sp³-hybridized carbons (Fsp3) is 0.440. The Morgan fingerprint density at radius 2 is 1.78 bits per heavy atom. The molecule has 2 atom stereocenters. The minimum atomic E-state index is -0.312. The van der Waals surface area contributed by atoms with Crippen LogP contribution in [0.15, 0.2) is 42.5 Å². The predicted molar refractivity (Wildman–Crippen MR) is 122 cm³/mol. The van der Waals surface area contributed by atoms with Crippen molar-refractivity contribution >= 4 is 23.2 Å². The molecule has 3 aliphatic heterocycles. The summed E-state index contributed by atoms with van der Waals surface area (Å²) in [5, 5.41) is 0. The molecule has 0 radical (unpaired) electrons. The second-order valence-electron chi connectivity index (χ2n) is 8.90. The predicted octanol–water partition coefficient (Wildman–Crippen LogP) is 2.86. The van der Waals surface area contributed by atoms with Crippen LogP contribution < -0.4 is 19.3 Å². The molecule has 0 unspecified atom stereocenters. The first-order valence-corrected chi connectivity index (χ1v) is 11.3. The highest BCUT2D eigenvalue weighted by Crippen LogP contribution is 2.36. The number of amides is 2. The number of carbonyl (C=O) groups excluding carboxylic acids is 2. The molecule has 2 fully saturated rings. The van der Waals surface area contributed by atoms with Gasteiger partial charge in [0.15, 0.2) is 11.5 Å². The highest BCUT2D eigenvalue weighted by atomic mass is 16.6. The van der Waals surface area contributed by atoms with E-state index in [4.69, 9.17) is 9.47 Å². The number of fused-ring (bicyclic) bond motifs is 1. The summed E-state index contributed by atoms with van der Waals surface area (Å²) in [6, 6.07) is 14.2. The quantitative estimate of drug-likeness (QED) is 0.742. The number of benzene rings is 2. The molecule has 2 aromatic rings. The molecule has 2 amide bonds. The summed E-state index contributed by atoms with van der Waals surface area (Å²) in [4.78, 5) is 32.0. The number of piperazine rings is 1. The Hall–Kier alpha value is -3.22. The number of hydrogen-bond donors (Lipinski definition) is 0. The van der Waals surface area contributed by atoms with E-state index < -0.39 is 0 Å². The molecule has 0 N–H and O–H groups in total. The number of aryl methyl sites for hydroxylation is 1. The van der Waals surface area contributed by atoms with Gasteiger partial charge in [-0.3, -0.25) is 9.59 Å². The minimum Gasteiger partial charge on any atom is -0.486 e. The van der Waals surface area contributed by atoms with E-state index in [2.05, 4.69) is 43.0 Å². The molecule has 5 rings (SSSR count). The van der Waals surface area contributed by atoms with Crippen LogP contribution in [0.2, 0.25) is 0 Å². The van der Waals surface area contributed by atoms with Gasteiger partial charge in [-0.05, 0) is 43.7 Å². The van der Waals surface area contributed by atoms with Crippen molar-refractivity contribution in [3.63, 3.8) is 0 Å². The summed E-state index contributed by atoms with van der Waals surface area (Å²) in [7, 11) is 0. The molecule has 3 heterocycles. The van der Waals surface area contributed by atoms with Gasteiger partial charge in [-0.1, -0.05) is 12.1 Å². The van der Waals surface area contributed by atoms with E-state index >= 15 is 0 Å². The maximum Gasteiger partial charge on any atom is 0.228 e. The number of anilines is 2. The minimum absolute atomic E-state index is 0.0218. The molecular weight excluding hydrogens is 406 g/mol. The van der Waals surface area contributed by atoms with Crippen LogP contribution in [-0.4, -0.2) is 62.1 Å². The van der Waals surface area contributed by atoms with Gasteiger partial charge in [-0.2, -0.15) is 0 Å².